The average molecular weight is 386 g/mol. The Morgan fingerprint density at radius 1 is 1.28 bits per heavy atom. The summed E-state index contributed by atoms with van der Waals surface area (Å²) in [4.78, 5) is 14.6. The lowest BCUT2D eigenvalue weighted by atomic mass is 10.1. The van der Waals surface area contributed by atoms with E-state index in [0.717, 1.165) is 42.4 Å². The van der Waals surface area contributed by atoms with Gasteiger partial charge in [-0.25, -0.2) is 0 Å². The summed E-state index contributed by atoms with van der Waals surface area (Å²) in [6.07, 6.45) is 0. The van der Waals surface area contributed by atoms with Gasteiger partial charge in [0, 0.05) is 32.4 Å². The summed E-state index contributed by atoms with van der Waals surface area (Å²) < 4.78 is 1.79. The van der Waals surface area contributed by atoms with Gasteiger partial charge in [0.2, 0.25) is 5.91 Å². The largest absolute Gasteiger partial charge is 0.361 e. The summed E-state index contributed by atoms with van der Waals surface area (Å²) in [5, 5.41) is 10.7. The second kappa shape index (κ2) is 9.08. The first-order chi connectivity index (χ1) is 11.1. The van der Waals surface area contributed by atoms with Gasteiger partial charge in [0.1, 0.15) is 0 Å². The molecule has 6 nitrogen and oxygen atoms in total. The molecule has 0 aliphatic carbocycles. The van der Waals surface area contributed by atoms with Crippen LogP contribution in [0.4, 0.5) is 11.4 Å². The normalized spacial score (nSPS) is 13.2. The molecular weight excluding hydrogens is 361 g/mol. The van der Waals surface area contributed by atoms with Crippen molar-refractivity contribution in [2.45, 2.75) is 20.4 Å². The Kier molecular flexibility index (Phi) is 7.73. The highest BCUT2D eigenvalue weighted by atomic mass is 35.5. The molecule has 2 aromatic rings. The van der Waals surface area contributed by atoms with Crippen LogP contribution in [0.2, 0.25) is 0 Å². The molecule has 2 heterocycles. The fourth-order valence-corrected chi connectivity index (χ4v) is 3.00. The van der Waals surface area contributed by atoms with Gasteiger partial charge in [-0.1, -0.05) is 18.2 Å². The molecule has 2 N–H and O–H groups in total. The van der Waals surface area contributed by atoms with Gasteiger partial charge in [-0.2, -0.15) is 5.10 Å². The Morgan fingerprint density at radius 3 is 2.68 bits per heavy atom. The Morgan fingerprint density at radius 2 is 2.00 bits per heavy atom. The fourth-order valence-electron chi connectivity index (χ4n) is 3.00. The minimum Gasteiger partial charge on any atom is -0.361 e. The molecule has 0 radical (unpaired) electrons. The molecule has 0 saturated carbocycles. The molecule has 1 amide bonds. The quantitative estimate of drug-likeness (QED) is 0.851. The van der Waals surface area contributed by atoms with Crippen LogP contribution in [-0.4, -0.2) is 35.3 Å². The maximum absolute atomic E-state index is 12.5. The highest BCUT2D eigenvalue weighted by Crippen LogP contribution is 2.22. The summed E-state index contributed by atoms with van der Waals surface area (Å²) in [6.45, 7) is 6.73. The number of halogens is 2. The van der Waals surface area contributed by atoms with Crippen LogP contribution in [0.5, 0.6) is 0 Å². The Balaban J connectivity index is 0.00000156. The SMILES string of the molecule is Cc1nn(C)c(C)c1NC(=O)CN1CCNCc2ccccc21.Cl.Cl. The van der Waals surface area contributed by atoms with Crippen molar-refractivity contribution in [3.8, 4) is 0 Å². The summed E-state index contributed by atoms with van der Waals surface area (Å²) in [5.41, 5.74) is 4.99. The topological polar surface area (TPSA) is 62.2 Å². The standard InChI is InChI=1S/C17H23N5O.2ClH/c1-12-17(13(2)21(3)20-12)19-16(23)11-22-9-8-18-10-14-6-4-5-7-15(14)22;;/h4-7,18H,8-11H2,1-3H3,(H,19,23);2*1H. The van der Waals surface area contributed by atoms with Crippen molar-refractivity contribution < 1.29 is 4.79 Å². The van der Waals surface area contributed by atoms with E-state index in [4.69, 9.17) is 0 Å². The van der Waals surface area contributed by atoms with E-state index < -0.39 is 0 Å². The van der Waals surface area contributed by atoms with E-state index in [1.165, 1.54) is 5.56 Å². The van der Waals surface area contributed by atoms with Gasteiger partial charge in [0.25, 0.3) is 0 Å². The van der Waals surface area contributed by atoms with Crippen molar-refractivity contribution >= 4 is 42.1 Å². The average Bonchev–Trinajstić information content (AvgIpc) is 2.70. The predicted molar refractivity (Wildman–Crippen MR) is 106 cm³/mol. The molecule has 1 aromatic heterocycles. The third-order valence-electron chi connectivity index (χ3n) is 4.31. The van der Waals surface area contributed by atoms with Crippen molar-refractivity contribution in [3.63, 3.8) is 0 Å². The molecule has 0 saturated heterocycles. The number of fused-ring (bicyclic) bond motifs is 1. The van der Waals surface area contributed by atoms with Gasteiger partial charge >= 0.3 is 0 Å². The molecule has 1 aromatic carbocycles. The van der Waals surface area contributed by atoms with Gasteiger partial charge in [-0.15, -0.1) is 24.8 Å². The number of carbonyl (C=O) groups excluding carboxylic acids is 1. The summed E-state index contributed by atoms with van der Waals surface area (Å²) >= 11 is 0. The zero-order chi connectivity index (χ0) is 16.4. The summed E-state index contributed by atoms with van der Waals surface area (Å²) in [6, 6.07) is 8.24. The molecule has 0 spiro atoms. The molecule has 0 fully saturated rings. The molecule has 8 heteroatoms. The molecule has 0 bridgehead atoms. The number of rotatable bonds is 3. The smallest absolute Gasteiger partial charge is 0.243 e. The molecule has 0 unspecified atom stereocenters. The lowest BCUT2D eigenvalue weighted by molar-refractivity contribution is -0.115. The lowest BCUT2D eigenvalue weighted by Crippen LogP contribution is -2.36. The number of nitrogens with zero attached hydrogens (tertiary/aromatic N) is 3. The monoisotopic (exact) mass is 385 g/mol. The number of aryl methyl sites for hydroxylation is 2. The molecule has 0 atom stereocenters. The van der Waals surface area contributed by atoms with Crippen LogP contribution in [0.15, 0.2) is 24.3 Å². The highest BCUT2D eigenvalue weighted by molar-refractivity contribution is 5.95. The van der Waals surface area contributed by atoms with E-state index in [1.807, 2.05) is 33.0 Å². The Bertz CT molecular complexity index is 732. The number of para-hydroxylation sites is 1. The van der Waals surface area contributed by atoms with Crippen molar-refractivity contribution in [1.82, 2.24) is 15.1 Å². The van der Waals surface area contributed by atoms with Crippen molar-refractivity contribution in [1.29, 1.82) is 0 Å². The molecule has 138 valence electrons. The van der Waals surface area contributed by atoms with Crippen LogP contribution < -0.4 is 15.5 Å². The zero-order valence-electron chi connectivity index (χ0n) is 14.7. The van der Waals surface area contributed by atoms with Crippen molar-refractivity contribution in [2.24, 2.45) is 7.05 Å². The van der Waals surface area contributed by atoms with Crippen LogP contribution >= 0.6 is 24.8 Å². The number of aromatic nitrogens is 2. The number of nitrogens with one attached hydrogen (secondary N) is 2. The highest BCUT2D eigenvalue weighted by Gasteiger charge is 2.19. The maximum atomic E-state index is 12.5. The predicted octanol–water partition coefficient (Wildman–Crippen LogP) is 2.43. The number of anilines is 2. The Labute approximate surface area is 160 Å². The maximum Gasteiger partial charge on any atom is 0.243 e. The Hall–Kier alpha value is -1.76. The lowest BCUT2D eigenvalue weighted by Gasteiger charge is -2.23. The van der Waals surface area contributed by atoms with Crippen LogP contribution in [0.25, 0.3) is 0 Å². The minimum absolute atomic E-state index is 0. The van der Waals surface area contributed by atoms with Gasteiger partial charge in [0.05, 0.1) is 23.6 Å². The second-order valence-corrected chi connectivity index (χ2v) is 5.94. The van der Waals surface area contributed by atoms with Crippen molar-refractivity contribution in [3.05, 3.63) is 41.2 Å². The van der Waals surface area contributed by atoms with Gasteiger partial charge in [-0.3, -0.25) is 9.48 Å². The van der Waals surface area contributed by atoms with Gasteiger partial charge < -0.3 is 15.5 Å². The van der Waals surface area contributed by atoms with E-state index in [2.05, 4.69) is 32.8 Å². The van der Waals surface area contributed by atoms with Crippen LogP contribution in [0.3, 0.4) is 0 Å². The van der Waals surface area contributed by atoms with Crippen molar-refractivity contribution in [2.75, 3.05) is 29.9 Å². The van der Waals surface area contributed by atoms with E-state index in [-0.39, 0.29) is 30.7 Å². The van der Waals surface area contributed by atoms with Gasteiger partial charge in [0.15, 0.2) is 0 Å². The number of carbonyl (C=O) groups is 1. The third-order valence-corrected chi connectivity index (χ3v) is 4.31. The molecule has 3 rings (SSSR count). The van der Waals surface area contributed by atoms with E-state index >= 15 is 0 Å². The number of hydrogen-bond donors (Lipinski definition) is 2. The van der Waals surface area contributed by atoms with Gasteiger partial charge in [-0.05, 0) is 25.5 Å². The zero-order valence-corrected chi connectivity index (χ0v) is 16.3. The second-order valence-electron chi connectivity index (χ2n) is 5.94. The first kappa shape index (κ1) is 21.3. The number of hydrogen-bond acceptors (Lipinski definition) is 4. The molecular formula is C17H25Cl2N5O. The van der Waals surface area contributed by atoms with E-state index in [1.54, 1.807) is 4.68 Å². The number of benzene rings is 1. The fraction of sp³-hybridized carbons (Fsp3) is 0.412. The summed E-state index contributed by atoms with van der Waals surface area (Å²) in [5.74, 6) is -0.0131. The van der Waals surface area contributed by atoms with E-state index in [9.17, 15) is 4.79 Å². The molecule has 1 aliphatic heterocycles. The van der Waals surface area contributed by atoms with Crippen LogP contribution in [0, 0.1) is 13.8 Å². The van der Waals surface area contributed by atoms with Crippen LogP contribution in [0.1, 0.15) is 17.0 Å². The third kappa shape index (κ3) is 4.66. The summed E-state index contributed by atoms with van der Waals surface area (Å²) in [7, 11) is 1.88. The first-order valence-electron chi connectivity index (χ1n) is 7.90. The minimum atomic E-state index is -0.0131. The van der Waals surface area contributed by atoms with E-state index in [0.29, 0.717) is 6.54 Å². The number of amides is 1. The first-order valence-corrected chi connectivity index (χ1v) is 7.90. The van der Waals surface area contributed by atoms with Crippen LogP contribution in [-0.2, 0) is 18.4 Å². The molecule has 1 aliphatic rings. The molecule has 25 heavy (non-hydrogen) atoms.